The molecule has 0 bridgehead atoms. The maximum atomic E-state index is 12.6. The standard InChI is InChI=1S/C29H36ClN5O4/c1-19-18-34(11-12-35(19)27(38)9-13-39-2)29-22(16-31)15-24(28(33-29)20-6-7-20)21-4-3-5-23(14-21)32-17-26(37)25(36)8-10-30/h3-5,14-15,19-20,25,32,36H,6-13,17-18H2,1-2H3. The first kappa shape index (κ1) is 28.8. The predicted octanol–water partition coefficient (Wildman–Crippen LogP) is 3.54. The molecule has 10 heteroatoms. The second-order valence-electron chi connectivity index (χ2n) is 10.2. The van der Waals surface area contributed by atoms with E-state index in [9.17, 15) is 20.0 Å². The molecule has 2 fully saturated rings. The molecule has 0 spiro atoms. The van der Waals surface area contributed by atoms with Gasteiger partial charge in [0.1, 0.15) is 18.0 Å². The summed E-state index contributed by atoms with van der Waals surface area (Å²) in [5.41, 5.74) is 4.04. The fraction of sp³-hybridized carbons (Fsp3) is 0.517. The molecule has 208 valence electrons. The van der Waals surface area contributed by atoms with E-state index in [2.05, 4.69) is 16.3 Å². The van der Waals surface area contributed by atoms with E-state index in [1.165, 1.54) is 0 Å². The molecule has 2 aromatic rings. The van der Waals surface area contributed by atoms with Crippen LogP contribution in [0.15, 0.2) is 30.3 Å². The Labute approximate surface area is 234 Å². The Morgan fingerprint density at radius 3 is 2.77 bits per heavy atom. The van der Waals surface area contributed by atoms with Gasteiger partial charge in [-0.05, 0) is 49.9 Å². The molecule has 1 aliphatic carbocycles. The maximum absolute atomic E-state index is 12.6. The molecule has 1 saturated heterocycles. The number of carbonyl (C=O) groups excluding carboxylic acids is 2. The fourth-order valence-electron chi connectivity index (χ4n) is 4.96. The molecule has 2 unspecified atom stereocenters. The Hall–Kier alpha value is -3.19. The first-order valence-corrected chi connectivity index (χ1v) is 14.0. The minimum atomic E-state index is -1.08. The van der Waals surface area contributed by atoms with Crippen molar-refractivity contribution in [3.8, 4) is 17.2 Å². The Kier molecular flexibility index (Phi) is 9.78. The number of carbonyl (C=O) groups is 2. The number of ether oxygens (including phenoxy) is 1. The number of methoxy groups -OCH3 is 1. The summed E-state index contributed by atoms with van der Waals surface area (Å²) in [5.74, 6) is 0.997. The van der Waals surface area contributed by atoms with E-state index >= 15 is 0 Å². The van der Waals surface area contributed by atoms with Crippen molar-refractivity contribution in [3.63, 3.8) is 0 Å². The summed E-state index contributed by atoms with van der Waals surface area (Å²) in [4.78, 5) is 33.8. The van der Waals surface area contributed by atoms with Crippen molar-refractivity contribution in [1.82, 2.24) is 9.88 Å². The molecule has 0 radical (unpaired) electrons. The lowest BCUT2D eigenvalue weighted by Gasteiger charge is -2.41. The number of aliphatic hydroxyl groups is 1. The van der Waals surface area contributed by atoms with Gasteiger partial charge in [-0.1, -0.05) is 12.1 Å². The predicted molar refractivity (Wildman–Crippen MR) is 151 cm³/mol. The minimum Gasteiger partial charge on any atom is -0.385 e. The van der Waals surface area contributed by atoms with E-state index in [0.717, 1.165) is 35.3 Å². The molecular weight excluding hydrogens is 518 g/mol. The van der Waals surface area contributed by atoms with Crippen molar-refractivity contribution in [2.45, 2.75) is 50.7 Å². The highest BCUT2D eigenvalue weighted by Gasteiger charge is 2.33. The van der Waals surface area contributed by atoms with Crippen LogP contribution in [-0.2, 0) is 14.3 Å². The lowest BCUT2D eigenvalue weighted by molar-refractivity contribution is -0.134. The number of hydrogen-bond acceptors (Lipinski definition) is 8. The zero-order chi connectivity index (χ0) is 27.9. The second-order valence-corrected chi connectivity index (χ2v) is 10.6. The number of nitriles is 1. The topological polar surface area (TPSA) is 119 Å². The number of aromatic nitrogens is 1. The number of pyridine rings is 1. The Morgan fingerprint density at radius 2 is 2.10 bits per heavy atom. The number of aliphatic hydroxyl groups excluding tert-OH is 1. The lowest BCUT2D eigenvalue weighted by atomic mass is 9.98. The number of alkyl halides is 1. The van der Waals surface area contributed by atoms with Gasteiger partial charge in [-0.2, -0.15) is 5.26 Å². The van der Waals surface area contributed by atoms with E-state index in [1.54, 1.807) is 7.11 Å². The summed E-state index contributed by atoms with van der Waals surface area (Å²) >= 11 is 5.64. The lowest BCUT2D eigenvalue weighted by Crippen LogP contribution is -2.54. The Balaban J connectivity index is 1.56. The van der Waals surface area contributed by atoms with Crippen LogP contribution in [0.5, 0.6) is 0 Å². The molecule has 2 heterocycles. The molecule has 1 saturated carbocycles. The third-order valence-corrected chi connectivity index (χ3v) is 7.50. The normalized spacial score (nSPS) is 18.0. The highest BCUT2D eigenvalue weighted by Crippen LogP contribution is 2.45. The van der Waals surface area contributed by atoms with Crippen LogP contribution in [0, 0.1) is 11.3 Å². The number of hydrogen-bond donors (Lipinski definition) is 2. The van der Waals surface area contributed by atoms with Gasteiger partial charge in [-0.3, -0.25) is 9.59 Å². The summed E-state index contributed by atoms with van der Waals surface area (Å²) in [6, 6.07) is 11.9. The summed E-state index contributed by atoms with van der Waals surface area (Å²) in [7, 11) is 1.59. The van der Waals surface area contributed by atoms with Crippen LogP contribution >= 0.6 is 11.6 Å². The molecule has 2 aliphatic rings. The average Bonchev–Trinajstić information content (AvgIpc) is 3.79. The summed E-state index contributed by atoms with van der Waals surface area (Å²) in [6.45, 7) is 4.21. The quantitative estimate of drug-likeness (QED) is 0.383. The molecule has 1 aliphatic heterocycles. The van der Waals surface area contributed by atoms with Crippen molar-refractivity contribution in [2.24, 2.45) is 0 Å². The van der Waals surface area contributed by atoms with E-state index in [1.807, 2.05) is 42.2 Å². The highest BCUT2D eigenvalue weighted by molar-refractivity contribution is 6.18. The highest BCUT2D eigenvalue weighted by atomic mass is 35.5. The van der Waals surface area contributed by atoms with Gasteiger partial charge < -0.3 is 25.0 Å². The molecular formula is C29H36ClN5O4. The number of ketones is 1. The molecule has 9 nitrogen and oxygen atoms in total. The van der Waals surface area contributed by atoms with Gasteiger partial charge in [-0.15, -0.1) is 11.6 Å². The summed E-state index contributed by atoms with van der Waals surface area (Å²) in [6.07, 6.45) is 1.60. The van der Waals surface area contributed by atoms with Gasteiger partial charge in [0, 0.05) is 55.8 Å². The largest absolute Gasteiger partial charge is 0.385 e. The van der Waals surface area contributed by atoms with Crippen LogP contribution in [0.4, 0.5) is 11.5 Å². The molecule has 1 amide bonds. The van der Waals surface area contributed by atoms with E-state index in [-0.39, 0.29) is 36.6 Å². The average molecular weight is 554 g/mol. The van der Waals surface area contributed by atoms with Gasteiger partial charge in [0.2, 0.25) is 5.91 Å². The van der Waals surface area contributed by atoms with Gasteiger partial charge >= 0.3 is 0 Å². The first-order valence-electron chi connectivity index (χ1n) is 13.5. The van der Waals surface area contributed by atoms with E-state index in [0.29, 0.717) is 50.0 Å². The number of benzene rings is 1. The molecule has 1 aromatic heterocycles. The Morgan fingerprint density at radius 1 is 1.31 bits per heavy atom. The first-order chi connectivity index (χ1) is 18.9. The number of anilines is 2. The van der Waals surface area contributed by atoms with Crippen LogP contribution < -0.4 is 10.2 Å². The summed E-state index contributed by atoms with van der Waals surface area (Å²) < 4.78 is 5.06. The van der Waals surface area contributed by atoms with Crippen LogP contribution in [-0.4, -0.2) is 84.6 Å². The molecule has 2 atom stereocenters. The van der Waals surface area contributed by atoms with Gasteiger partial charge in [-0.25, -0.2) is 4.98 Å². The summed E-state index contributed by atoms with van der Waals surface area (Å²) in [5, 5.41) is 23.1. The number of nitrogens with one attached hydrogen (secondary N) is 1. The molecule has 4 rings (SSSR count). The molecule has 39 heavy (non-hydrogen) atoms. The number of Topliss-reactive ketones (excluding diaryl/α,β-unsaturated/α-hetero) is 1. The number of halogens is 1. The fourth-order valence-corrected chi connectivity index (χ4v) is 5.17. The van der Waals surface area contributed by atoms with Crippen LogP contribution in [0.3, 0.4) is 0 Å². The SMILES string of the molecule is COCCC(=O)N1CCN(c2nc(C3CC3)c(-c3cccc(NCC(=O)C(O)CCCl)c3)cc2C#N)CC1C. The van der Waals surface area contributed by atoms with Crippen molar-refractivity contribution < 1.29 is 19.4 Å². The van der Waals surface area contributed by atoms with E-state index < -0.39 is 6.10 Å². The van der Waals surface area contributed by atoms with Crippen molar-refractivity contribution in [3.05, 3.63) is 41.6 Å². The van der Waals surface area contributed by atoms with Gasteiger partial charge in [0.05, 0.1) is 30.8 Å². The third kappa shape index (κ3) is 7.07. The number of nitrogens with zero attached hydrogens (tertiary/aromatic N) is 4. The van der Waals surface area contributed by atoms with Crippen LogP contribution in [0.1, 0.15) is 49.8 Å². The number of piperazine rings is 1. The molecule has 1 aromatic carbocycles. The number of amides is 1. The molecule has 2 N–H and O–H groups in total. The van der Waals surface area contributed by atoms with Crippen molar-refractivity contribution >= 4 is 34.8 Å². The maximum Gasteiger partial charge on any atom is 0.225 e. The van der Waals surface area contributed by atoms with Crippen molar-refractivity contribution in [2.75, 3.05) is 56.0 Å². The Bertz CT molecular complexity index is 1230. The van der Waals surface area contributed by atoms with Crippen molar-refractivity contribution in [1.29, 1.82) is 5.26 Å². The number of rotatable bonds is 12. The monoisotopic (exact) mass is 553 g/mol. The smallest absolute Gasteiger partial charge is 0.225 e. The van der Waals surface area contributed by atoms with E-state index in [4.69, 9.17) is 21.3 Å². The van der Waals surface area contributed by atoms with Gasteiger partial charge in [0.25, 0.3) is 0 Å². The van der Waals surface area contributed by atoms with Crippen LogP contribution in [0.25, 0.3) is 11.1 Å². The zero-order valence-electron chi connectivity index (χ0n) is 22.5. The van der Waals surface area contributed by atoms with Gasteiger partial charge in [0.15, 0.2) is 5.78 Å². The van der Waals surface area contributed by atoms with Crippen LogP contribution in [0.2, 0.25) is 0 Å². The minimum absolute atomic E-state index is 0.00421. The zero-order valence-corrected chi connectivity index (χ0v) is 23.3. The second kappa shape index (κ2) is 13.2. The third-order valence-electron chi connectivity index (χ3n) is 7.28.